The predicted molar refractivity (Wildman–Crippen MR) is 68.3 cm³/mol. The number of nitrogen functional groups attached to an aromatic ring is 1. The highest BCUT2D eigenvalue weighted by Gasteiger charge is 2.04. The van der Waals surface area contributed by atoms with E-state index < -0.39 is 0 Å². The van der Waals surface area contributed by atoms with Crippen LogP contribution in [0.15, 0.2) is 47.4 Å². The Bertz CT molecular complexity index is 454. The average Bonchev–Trinajstić information content (AvgIpc) is 2.20. The van der Waals surface area contributed by atoms with E-state index in [9.17, 15) is 0 Å². The van der Waals surface area contributed by atoms with Gasteiger partial charge in [-0.15, -0.1) is 12.6 Å². The van der Waals surface area contributed by atoms with Crippen LogP contribution in [-0.2, 0) is 0 Å². The van der Waals surface area contributed by atoms with Crippen molar-refractivity contribution < 1.29 is 0 Å². The van der Waals surface area contributed by atoms with E-state index in [1.54, 1.807) is 0 Å². The third-order valence-electron chi connectivity index (χ3n) is 2.45. The van der Waals surface area contributed by atoms with Crippen molar-refractivity contribution in [1.29, 1.82) is 0 Å². The molecule has 0 radical (unpaired) electrons. The fourth-order valence-electron chi connectivity index (χ4n) is 1.68. The van der Waals surface area contributed by atoms with Crippen LogP contribution < -0.4 is 5.73 Å². The van der Waals surface area contributed by atoms with Crippen molar-refractivity contribution in [2.45, 2.75) is 11.8 Å². The minimum absolute atomic E-state index is 0.785. The van der Waals surface area contributed by atoms with Gasteiger partial charge < -0.3 is 5.73 Å². The fourth-order valence-corrected chi connectivity index (χ4v) is 2.07. The molecular weight excluding hydrogens is 202 g/mol. The zero-order valence-corrected chi connectivity index (χ0v) is 9.46. The zero-order chi connectivity index (χ0) is 10.8. The monoisotopic (exact) mass is 215 g/mol. The first-order chi connectivity index (χ1) is 7.18. The van der Waals surface area contributed by atoms with Crippen LogP contribution in [0.3, 0.4) is 0 Å². The molecule has 2 aromatic carbocycles. The van der Waals surface area contributed by atoms with Gasteiger partial charge in [0.15, 0.2) is 0 Å². The molecule has 0 aromatic heterocycles. The number of hydrogen-bond donors (Lipinski definition) is 2. The summed E-state index contributed by atoms with van der Waals surface area (Å²) < 4.78 is 0. The summed E-state index contributed by atoms with van der Waals surface area (Å²) in [5.74, 6) is 0. The Morgan fingerprint density at radius 1 is 1.00 bits per heavy atom. The zero-order valence-electron chi connectivity index (χ0n) is 8.57. The van der Waals surface area contributed by atoms with E-state index in [1.165, 1.54) is 11.1 Å². The number of hydrogen-bond acceptors (Lipinski definition) is 2. The van der Waals surface area contributed by atoms with Gasteiger partial charge in [0, 0.05) is 10.6 Å². The first-order valence-corrected chi connectivity index (χ1v) is 5.27. The SMILES string of the molecule is Cc1cccc(S)c1-c1ccc(N)cc1. The molecule has 0 unspecified atom stereocenters. The number of thiol groups is 1. The van der Waals surface area contributed by atoms with Crippen molar-refractivity contribution in [3.63, 3.8) is 0 Å². The highest BCUT2D eigenvalue weighted by molar-refractivity contribution is 7.80. The lowest BCUT2D eigenvalue weighted by molar-refractivity contribution is 1.36. The van der Waals surface area contributed by atoms with Crippen LogP contribution in [0.5, 0.6) is 0 Å². The van der Waals surface area contributed by atoms with E-state index in [0.29, 0.717) is 0 Å². The summed E-state index contributed by atoms with van der Waals surface area (Å²) in [6.45, 7) is 2.09. The molecule has 15 heavy (non-hydrogen) atoms. The Balaban J connectivity index is 2.58. The summed E-state index contributed by atoms with van der Waals surface area (Å²) in [7, 11) is 0. The highest BCUT2D eigenvalue weighted by Crippen LogP contribution is 2.30. The molecule has 1 nitrogen and oxygen atoms in total. The molecular formula is C13H13NS. The van der Waals surface area contributed by atoms with Crippen LogP contribution in [0.25, 0.3) is 11.1 Å². The molecule has 0 atom stereocenters. The second-order valence-electron chi connectivity index (χ2n) is 3.59. The molecule has 2 N–H and O–H groups in total. The number of anilines is 1. The minimum Gasteiger partial charge on any atom is -0.399 e. The van der Waals surface area contributed by atoms with Gasteiger partial charge >= 0.3 is 0 Å². The summed E-state index contributed by atoms with van der Waals surface area (Å²) >= 11 is 4.47. The van der Waals surface area contributed by atoms with Crippen molar-refractivity contribution in [2.75, 3.05) is 5.73 Å². The molecule has 0 aliphatic heterocycles. The largest absolute Gasteiger partial charge is 0.399 e. The second-order valence-corrected chi connectivity index (χ2v) is 4.07. The van der Waals surface area contributed by atoms with E-state index in [1.807, 2.05) is 36.4 Å². The van der Waals surface area contributed by atoms with Crippen molar-refractivity contribution in [2.24, 2.45) is 0 Å². The maximum Gasteiger partial charge on any atom is 0.0314 e. The quantitative estimate of drug-likeness (QED) is 0.552. The highest BCUT2D eigenvalue weighted by atomic mass is 32.1. The molecule has 0 heterocycles. The van der Waals surface area contributed by atoms with Gasteiger partial charge in [0.1, 0.15) is 0 Å². The Labute approximate surface area is 95.3 Å². The molecule has 0 saturated carbocycles. The first kappa shape index (κ1) is 10.1. The van der Waals surface area contributed by atoms with Crippen LogP contribution in [0.4, 0.5) is 5.69 Å². The van der Waals surface area contributed by atoms with Crippen LogP contribution in [-0.4, -0.2) is 0 Å². The number of aryl methyl sites for hydroxylation is 1. The first-order valence-electron chi connectivity index (χ1n) is 4.83. The molecule has 0 fully saturated rings. The Hall–Kier alpha value is -1.41. The van der Waals surface area contributed by atoms with Crippen molar-refractivity contribution in [1.82, 2.24) is 0 Å². The molecule has 76 valence electrons. The Morgan fingerprint density at radius 2 is 1.67 bits per heavy atom. The van der Waals surface area contributed by atoms with Gasteiger partial charge in [-0.25, -0.2) is 0 Å². The molecule has 0 amide bonds. The van der Waals surface area contributed by atoms with Crippen molar-refractivity contribution >= 4 is 18.3 Å². The summed E-state index contributed by atoms with van der Waals surface area (Å²) in [4.78, 5) is 1.000. The Morgan fingerprint density at radius 3 is 2.27 bits per heavy atom. The summed E-state index contributed by atoms with van der Waals surface area (Å²) in [6.07, 6.45) is 0. The fraction of sp³-hybridized carbons (Fsp3) is 0.0769. The number of rotatable bonds is 1. The molecule has 0 aliphatic carbocycles. The van der Waals surface area contributed by atoms with E-state index in [4.69, 9.17) is 5.73 Å². The normalized spacial score (nSPS) is 10.3. The lowest BCUT2D eigenvalue weighted by atomic mass is 10.0. The number of nitrogens with two attached hydrogens (primary N) is 1. The van der Waals surface area contributed by atoms with E-state index in [2.05, 4.69) is 25.6 Å². The standard InChI is InChI=1S/C13H13NS/c1-9-3-2-4-12(15)13(9)10-5-7-11(14)8-6-10/h2-8,15H,14H2,1H3. The van der Waals surface area contributed by atoms with Gasteiger partial charge in [0.2, 0.25) is 0 Å². The van der Waals surface area contributed by atoms with Gasteiger partial charge in [0.25, 0.3) is 0 Å². The molecule has 0 bridgehead atoms. The van der Waals surface area contributed by atoms with E-state index in [-0.39, 0.29) is 0 Å². The Kier molecular flexibility index (Phi) is 2.69. The van der Waals surface area contributed by atoms with E-state index in [0.717, 1.165) is 16.1 Å². The lowest BCUT2D eigenvalue weighted by Gasteiger charge is -2.09. The second kappa shape index (κ2) is 3.99. The molecule has 2 heteroatoms. The summed E-state index contributed by atoms with van der Waals surface area (Å²) in [6, 6.07) is 14.0. The smallest absolute Gasteiger partial charge is 0.0314 e. The summed E-state index contributed by atoms with van der Waals surface area (Å²) in [5, 5.41) is 0. The molecule has 0 saturated heterocycles. The van der Waals surface area contributed by atoms with Gasteiger partial charge in [-0.05, 0) is 41.8 Å². The van der Waals surface area contributed by atoms with Crippen LogP contribution in [0, 0.1) is 6.92 Å². The van der Waals surface area contributed by atoms with Gasteiger partial charge in [-0.1, -0.05) is 24.3 Å². The van der Waals surface area contributed by atoms with Crippen LogP contribution in [0.1, 0.15) is 5.56 Å². The average molecular weight is 215 g/mol. The van der Waals surface area contributed by atoms with Crippen molar-refractivity contribution in [3.8, 4) is 11.1 Å². The third-order valence-corrected chi connectivity index (χ3v) is 2.82. The topological polar surface area (TPSA) is 26.0 Å². The minimum atomic E-state index is 0.785. The van der Waals surface area contributed by atoms with Gasteiger partial charge in [0.05, 0.1) is 0 Å². The summed E-state index contributed by atoms with van der Waals surface area (Å²) in [5.41, 5.74) is 10.0. The van der Waals surface area contributed by atoms with Gasteiger partial charge in [-0.3, -0.25) is 0 Å². The van der Waals surface area contributed by atoms with Crippen molar-refractivity contribution in [3.05, 3.63) is 48.0 Å². The third kappa shape index (κ3) is 2.00. The van der Waals surface area contributed by atoms with Crippen LogP contribution >= 0.6 is 12.6 Å². The maximum absolute atomic E-state index is 5.66. The predicted octanol–water partition coefficient (Wildman–Crippen LogP) is 3.53. The molecule has 2 aromatic rings. The lowest BCUT2D eigenvalue weighted by Crippen LogP contribution is -1.87. The van der Waals surface area contributed by atoms with Gasteiger partial charge in [-0.2, -0.15) is 0 Å². The maximum atomic E-state index is 5.66. The molecule has 0 spiro atoms. The molecule has 0 aliphatic rings. The van der Waals surface area contributed by atoms with E-state index >= 15 is 0 Å². The van der Waals surface area contributed by atoms with Crippen LogP contribution in [0.2, 0.25) is 0 Å². The molecule has 2 rings (SSSR count). The number of benzene rings is 2.